The van der Waals surface area contributed by atoms with E-state index < -0.39 is 0 Å². The minimum atomic E-state index is 0.327. The Balaban J connectivity index is 4.25. The van der Waals surface area contributed by atoms with Crippen LogP contribution in [-0.2, 0) is 4.74 Å². The molecule has 0 rings (SSSR count). The van der Waals surface area contributed by atoms with Crippen molar-refractivity contribution in [1.82, 2.24) is 0 Å². The molecule has 0 saturated heterocycles. The highest BCUT2D eigenvalue weighted by atomic mass is 16.5. The third-order valence-electron chi connectivity index (χ3n) is 2.33. The van der Waals surface area contributed by atoms with E-state index in [0.717, 1.165) is 24.4 Å². The molecule has 0 unspecified atom stereocenters. The number of ether oxygens (including phenoxy) is 1. The molecule has 1 heteroatoms. The molecule has 0 aliphatic heterocycles. The largest absolute Gasteiger partial charge is 0.467 e. The van der Waals surface area contributed by atoms with Crippen LogP contribution in [0.2, 0.25) is 0 Å². The number of hydrogen-bond donors (Lipinski definition) is 0. The second-order valence-corrected chi connectivity index (χ2v) is 7.26. The first-order chi connectivity index (χ1) is 7.49. The Morgan fingerprint density at radius 3 is 1.29 bits per heavy atom. The lowest BCUT2D eigenvalue weighted by atomic mass is 9.92. The molecule has 0 atom stereocenters. The summed E-state index contributed by atoms with van der Waals surface area (Å²) in [6, 6.07) is 0. The first kappa shape index (κ1) is 16.3. The van der Waals surface area contributed by atoms with Gasteiger partial charge in [-0.15, -0.1) is 0 Å². The van der Waals surface area contributed by atoms with Crippen LogP contribution in [0.1, 0.15) is 68.2 Å². The average molecular weight is 238 g/mol. The summed E-state index contributed by atoms with van der Waals surface area (Å²) in [6.45, 7) is 17.5. The second kappa shape index (κ2) is 6.28. The van der Waals surface area contributed by atoms with E-state index in [0.29, 0.717) is 10.8 Å². The molecule has 0 aromatic heterocycles. The average Bonchev–Trinajstić information content (AvgIpc) is 2.09. The lowest BCUT2D eigenvalue weighted by Gasteiger charge is -2.17. The highest BCUT2D eigenvalue weighted by Crippen LogP contribution is 2.22. The van der Waals surface area contributed by atoms with Crippen LogP contribution in [0.4, 0.5) is 0 Å². The van der Waals surface area contributed by atoms with Gasteiger partial charge in [0.05, 0.1) is 11.5 Å². The fraction of sp³-hybridized carbons (Fsp3) is 0.750. The number of rotatable bonds is 4. The van der Waals surface area contributed by atoms with Crippen LogP contribution < -0.4 is 0 Å². The molecule has 0 amide bonds. The van der Waals surface area contributed by atoms with E-state index in [1.807, 2.05) is 13.8 Å². The van der Waals surface area contributed by atoms with Crippen molar-refractivity contribution >= 4 is 0 Å². The minimum absolute atomic E-state index is 0.327. The van der Waals surface area contributed by atoms with Gasteiger partial charge < -0.3 is 4.74 Å². The zero-order valence-corrected chi connectivity index (χ0v) is 13.0. The monoisotopic (exact) mass is 238 g/mol. The fourth-order valence-electron chi connectivity index (χ4n) is 1.24. The molecular formula is C16H30O. The fourth-order valence-corrected chi connectivity index (χ4v) is 1.24. The van der Waals surface area contributed by atoms with E-state index in [9.17, 15) is 0 Å². The van der Waals surface area contributed by atoms with Gasteiger partial charge >= 0.3 is 0 Å². The normalized spacial score (nSPS) is 15.1. The summed E-state index contributed by atoms with van der Waals surface area (Å²) in [4.78, 5) is 0. The van der Waals surface area contributed by atoms with Gasteiger partial charge in [0.2, 0.25) is 0 Å². The molecule has 0 radical (unpaired) electrons. The van der Waals surface area contributed by atoms with Gasteiger partial charge in [0.25, 0.3) is 0 Å². The molecule has 0 heterocycles. The summed E-state index contributed by atoms with van der Waals surface area (Å²) in [5.74, 6) is 2.00. The molecule has 1 nitrogen and oxygen atoms in total. The molecule has 0 fully saturated rings. The van der Waals surface area contributed by atoms with E-state index >= 15 is 0 Å². The zero-order chi connectivity index (χ0) is 13.7. The Hall–Kier alpha value is -0.720. The summed E-state index contributed by atoms with van der Waals surface area (Å²) in [5, 5.41) is 0. The van der Waals surface area contributed by atoms with Crippen molar-refractivity contribution in [2.75, 3.05) is 0 Å². The first-order valence-electron chi connectivity index (χ1n) is 6.51. The topological polar surface area (TPSA) is 9.23 Å². The quantitative estimate of drug-likeness (QED) is 0.572. The van der Waals surface area contributed by atoms with Gasteiger partial charge in [0, 0.05) is 0 Å². The molecule has 0 N–H and O–H groups in total. The van der Waals surface area contributed by atoms with Gasteiger partial charge in [0.15, 0.2) is 0 Å². The second-order valence-electron chi connectivity index (χ2n) is 7.26. The van der Waals surface area contributed by atoms with Crippen molar-refractivity contribution in [3.63, 3.8) is 0 Å². The van der Waals surface area contributed by atoms with Gasteiger partial charge in [-0.3, -0.25) is 0 Å². The lowest BCUT2D eigenvalue weighted by Crippen LogP contribution is -2.04. The van der Waals surface area contributed by atoms with Crippen molar-refractivity contribution < 1.29 is 4.74 Å². The van der Waals surface area contributed by atoms with E-state index in [4.69, 9.17) is 4.74 Å². The molecule has 0 spiro atoms. The van der Waals surface area contributed by atoms with E-state index in [1.54, 1.807) is 0 Å². The third-order valence-corrected chi connectivity index (χ3v) is 2.33. The van der Waals surface area contributed by atoms with E-state index in [1.165, 1.54) is 0 Å². The first-order valence-corrected chi connectivity index (χ1v) is 6.51. The highest BCUT2D eigenvalue weighted by Gasteiger charge is 2.09. The molecule has 0 aromatic carbocycles. The smallest absolute Gasteiger partial charge is 0.0965 e. The molecule has 100 valence electrons. The van der Waals surface area contributed by atoms with E-state index in [-0.39, 0.29) is 0 Å². The van der Waals surface area contributed by atoms with Gasteiger partial charge in [-0.1, -0.05) is 41.5 Å². The minimum Gasteiger partial charge on any atom is -0.467 e. The van der Waals surface area contributed by atoms with Crippen LogP contribution in [0.3, 0.4) is 0 Å². The lowest BCUT2D eigenvalue weighted by molar-refractivity contribution is 0.296. The van der Waals surface area contributed by atoms with Crippen LogP contribution in [0, 0.1) is 10.8 Å². The molecule has 0 saturated carbocycles. The Morgan fingerprint density at radius 2 is 1.06 bits per heavy atom. The summed E-state index contributed by atoms with van der Waals surface area (Å²) < 4.78 is 5.76. The number of hydrogen-bond acceptors (Lipinski definition) is 1. The Labute approximate surface area is 108 Å². The van der Waals surface area contributed by atoms with Crippen molar-refractivity contribution in [2.45, 2.75) is 68.2 Å². The molecule has 0 aliphatic rings. The van der Waals surface area contributed by atoms with E-state index in [2.05, 4.69) is 53.7 Å². The van der Waals surface area contributed by atoms with Crippen LogP contribution >= 0.6 is 0 Å². The van der Waals surface area contributed by atoms with Crippen LogP contribution in [0.5, 0.6) is 0 Å². The van der Waals surface area contributed by atoms with Gasteiger partial charge in [-0.25, -0.2) is 0 Å². The SMILES string of the molecule is CC(=CCC(C)(C)C)OC(C)=CCC(C)(C)C. The standard InChI is InChI=1S/C16H30O/c1-13(9-11-15(3,4)5)17-14(2)10-12-16(6,7)8/h9-10H,11-12H2,1-8H3. The maximum Gasteiger partial charge on any atom is 0.0965 e. The number of allylic oxidation sites excluding steroid dienone is 4. The van der Waals surface area contributed by atoms with Crippen LogP contribution in [0.25, 0.3) is 0 Å². The molecular weight excluding hydrogens is 208 g/mol. The van der Waals surface area contributed by atoms with Crippen LogP contribution in [0.15, 0.2) is 23.7 Å². The molecule has 0 aromatic rings. The predicted octanol–water partition coefficient (Wildman–Crippen LogP) is 5.68. The van der Waals surface area contributed by atoms with Crippen molar-refractivity contribution in [3.8, 4) is 0 Å². The van der Waals surface area contributed by atoms with Crippen molar-refractivity contribution in [3.05, 3.63) is 23.7 Å². The highest BCUT2D eigenvalue weighted by molar-refractivity contribution is 4.99. The van der Waals surface area contributed by atoms with Gasteiger partial charge in [0.1, 0.15) is 0 Å². The Bertz CT molecular complexity index is 252. The maximum atomic E-state index is 5.76. The van der Waals surface area contributed by atoms with Gasteiger partial charge in [-0.05, 0) is 49.7 Å². The predicted molar refractivity (Wildman–Crippen MR) is 76.7 cm³/mol. The maximum absolute atomic E-state index is 5.76. The Kier molecular flexibility index (Phi) is 6.01. The zero-order valence-electron chi connectivity index (χ0n) is 13.0. The molecule has 17 heavy (non-hydrogen) atoms. The summed E-state index contributed by atoms with van der Waals surface area (Å²) in [6.07, 6.45) is 6.44. The Morgan fingerprint density at radius 1 is 0.765 bits per heavy atom. The van der Waals surface area contributed by atoms with Gasteiger partial charge in [-0.2, -0.15) is 0 Å². The summed E-state index contributed by atoms with van der Waals surface area (Å²) in [5.41, 5.74) is 0.654. The third kappa shape index (κ3) is 11.5. The molecule has 0 bridgehead atoms. The molecule has 0 aliphatic carbocycles. The van der Waals surface area contributed by atoms with Crippen molar-refractivity contribution in [1.29, 1.82) is 0 Å². The summed E-state index contributed by atoms with van der Waals surface area (Å²) >= 11 is 0. The van der Waals surface area contributed by atoms with Crippen molar-refractivity contribution in [2.24, 2.45) is 10.8 Å². The summed E-state index contributed by atoms with van der Waals surface area (Å²) in [7, 11) is 0. The van der Waals surface area contributed by atoms with Crippen LogP contribution in [-0.4, -0.2) is 0 Å².